The minimum absolute atomic E-state index is 0.320. The van der Waals surface area contributed by atoms with Crippen LogP contribution in [0.25, 0.3) is 0 Å². The number of hydrogen-bond acceptors (Lipinski definition) is 5. The number of aromatic nitrogens is 2. The Morgan fingerprint density at radius 1 is 1.47 bits per heavy atom. The van der Waals surface area contributed by atoms with Crippen molar-refractivity contribution in [1.82, 2.24) is 15.5 Å². The van der Waals surface area contributed by atoms with Crippen molar-refractivity contribution in [1.29, 1.82) is 0 Å². The first-order valence-electron chi connectivity index (χ1n) is 4.87. The lowest BCUT2D eigenvalue weighted by Gasteiger charge is -2.27. The molecule has 1 aromatic rings. The average molecular weight is 258 g/mol. The van der Waals surface area contributed by atoms with Crippen LogP contribution in [0.1, 0.15) is 20.8 Å². The Morgan fingerprint density at radius 3 is 2.53 bits per heavy atom. The van der Waals surface area contributed by atoms with Gasteiger partial charge >= 0.3 is 12.0 Å². The number of carbonyl (C=O) groups is 2. The Morgan fingerprint density at radius 2 is 2.12 bits per heavy atom. The Kier molecular flexibility index (Phi) is 4.00. The maximum atomic E-state index is 11.5. The van der Waals surface area contributed by atoms with E-state index in [1.54, 1.807) is 20.8 Å². The molecule has 0 aliphatic heterocycles. The molecule has 0 unspecified atom stereocenters. The molecule has 7 nitrogen and oxygen atoms in total. The highest BCUT2D eigenvalue weighted by Crippen LogP contribution is 2.19. The van der Waals surface area contributed by atoms with Crippen LogP contribution in [0.15, 0.2) is 5.51 Å². The summed E-state index contributed by atoms with van der Waals surface area (Å²) >= 11 is 1.15. The quantitative estimate of drug-likeness (QED) is 0.754. The van der Waals surface area contributed by atoms with Crippen molar-refractivity contribution in [3.63, 3.8) is 0 Å². The lowest BCUT2D eigenvalue weighted by Crippen LogP contribution is -2.50. The van der Waals surface area contributed by atoms with E-state index in [0.29, 0.717) is 5.13 Å². The van der Waals surface area contributed by atoms with Gasteiger partial charge in [0.05, 0.1) is 0 Å². The van der Waals surface area contributed by atoms with E-state index >= 15 is 0 Å². The van der Waals surface area contributed by atoms with Crippen LogP contribution in [0.2, 0.25) is 0 Å². The van der Waals surface area contributed by atoms with E-state index < -0.39 is 23.5 Å². The molecule has 2 amide bonds. The molecule has 1 aromatic heterocycles. The van der Waals surface area contributed by atoms with Crippen molar-refractivity contribution in [2.24, 2.45) is 5.41 Å². The van der Waals surface area contributed by atoms with Crippen molar-refractivity contribution >= 4 is 28.5 Å². The monoisotopic (exact) mass is 258 g/mol. The zero-order valence-corrected chi connectivity index (χ0v) is 10.5. The maximum Gasteiger partial charge on any atom is 0.326 e. The van der Waals surface area contributed by atoms with E-state index in [1.807, 2.05) is 0 Å². The summed E-state index contributed by atoms with van der Waals surface area (Å²) in [5.74, 6) is -1.08. The highest BCUT2D eigenvalue weighted by molar-refractivity contribution is 7.13. The fourth-order valence-corrected chi connectivity index (χ4v) is 1.58. The summed E-state index contributed by atoms with van der Waals surface area (Å²) in [4.78, 5) is 22.5. The number of nitrogens with one attached hydrogen (secondary N) is 2. The van der Waals surface area contributed by atoms with Crippen LogP contribution in [-0.2, 0) is 4.79 Å². The largest absolute Gasteiger partial charge is 0.480 e. The second-order valence-corrected chi connectivity index (χ2v) is 5.31. The Hall–Kier alpha value is -1.70. The van der Waals surface area contributed by atoms with Gasteiger partial charge in [0.2, 0.25) is 5.13 Å². The Labute approximate surface area is 102 Å². The van der Waals surface area contributed by atoms with Gasteiger partial charge in [0.25, 0.3) is 0 Å². The van der Waals surface area contributed by atoms with E-state index in [9.17, 15) is 9.59 Å². The molecule has 0 saturated carbocycles. The van der Waals surface area contributed by atoms with Gasteiger partial charge in [-0.25, -0.2) is 9.59 Å². The van der Waals surface area contributed by atoms with E-state index in [2.05, 4.69) is 20.8 Å². The molecule has 1 heterocycles. The Balaban J connectivity index is 2.62. The highest BCUT2D eigenvalue weighted by Gasteiger charge is 2.32. The lowest BCUT2D eigenvalue weighted by atomic mass is 9.87. The third kappa shape index (κ3) is 3.99. The molecular formula is C9H14N4O3S. The number of aliphatic carboxylic acids is 1. The number of rotatable bonds is 3. The molecule has 0 saturated heterocycles. The fourth-order valence-electron chi connectivity index (χ4n) is 1.14. The topological polar surface area (TPSA) is 104 Å². The van der Waals surface area contributed by atoms with Gasteiger partial charge in [0, 0.05) is 0 Å². The minimum atomic E-state index is -1.08. The van der Waals surface area contributed by atoms with Crippen molar-refractivity contribution in [2.75, 3.05) is 5.32 Å². The number of carbonyl (C=O) groups excluding carboxylic acids is 1. The minimum Gasteiger partial charge on any atom is -0.480 e. The highest BCUT2D eigenvalue weighted by atomic mass is 32.1. The molecule has 0 aliphatic carbocycles. The first kappa shape index (κ1) is 13.4. The molecule has 0 bridgehead atoms. The zero-order chi connectivity index (χ0) is 13.1. The summed E-state index contributed by atoms with van der Waals surface area (Å²) < 4.78 is 0. The molecule has 17 heavy (non-hydrogen) atoms. The molecule has 1 atom stereocenters. The van der Waals surface area contributed by atoms with Crippen molar-refractivity contribution < 1.29 is 14.7 Å². The number of anilines is 1. The third-order valence-corrected chi connectivity index (χ3v) is 2.58. The van der Waals surface area contributed by atoms with Gasteiger partial charge in [-0.1, -0.05) is 32.1 Å². The molecule has 8 heteroatoms. The smallest absolute Gasteiger partial charge is 0.326 e. The number of hydrogen-bond donors (Lipinski definition) is 3. The van der Waals surface area contributed by atoms with Gasteiger partial charge in [-0.2, -0.15) is 0 Å². The average Bonchev–Trinajstić information content (AvgIpc) is 2.64. The van der Waals surface area contributed by atoms with Gasteiger partial charge in [-0.15, -0.1) is 10.2 Å². The maximum absolute atomic E-state index is 11.5. The van der Waals surface area contributed by atoms with Crippen LogP contribution in [0.5, 0.6) is 0 Å². The van der Waals surface area contributed by atoms with Crippen molar-refractivity contribution in [2.45, 2.75) is 26.8 Å². The molecule has 94 valence electrons. The predicted molar refractivity (Wildman–Crippen MR) is 62.9 cm³/mol. The van der Waals surface area contributed by atoms with E-state index in [4.69, 9.17) is 5.11 Å². The molecule has 0 spiro atoms. The molecule has 1 rings (SSSR count). The fraction of sp³-hybridized carbons (Fsp3) is 0.556. The first-order valence-corrected chi connectivity index (χ1v) is 5.75. The van der Waals surface area contributed by atoms with Crippen LogP contribution in [0, 0.1) is 5.41 Å². The third-order valence-electron chi connectivity index (χ3n) is 1.97. The number of amides is 2. The summed E-state index contributed by atoms with van der Waals surface area (Å²) in [7, 11) is 0. The van der Waals surface area contributed by atoms with Crippen LogP contribution in [0.3, 0.4) is 0 Å². The van der Waals surface area contributed by atoms with Crippen LogP contribution in [0.4, 0.5) is 9.93 Å². The van der Waals surface area contributed by atoms with E-state index in [0.717, 1.165) is 11.3 Å². The predicted octanol–water partition coefficient (Wildman–Crippen LogP) is 1.16. The van der Waals surface area contributed by atoms with Crippen LogP contribution >= 0.6 is 11.3 Å². The lowest BCUT2D eigenvalue weighted by molar-refractivity contribution is -0.141. The SMILES string of the molecule is CC(C)(C)[C@@H](NC(=O)Nc1nncs1)C(=O)O. The van der Waals surface area contributed by atoms with Gasteiger partial charge < -0.3 is 10.4 Å². The molecule has 0 radical (unpaired) electrons. The summed E-state index contributed by atoms with van der Waals surface area (Å²) in [6.07, 6.45) is 0. The van der Waals surface area contributed by atoms with Gasteiger partial charge in [0.1, 0.15) is 11.6 Å². The van der Waals surface area contributed by atoms with Crippen molar-refractivity contribution in [3.8, 4) is 0 Å². The van der Waals surface area contributed by atoms with E-state index in [1.165, 1.54) is 5.51 Å². The van der Waals surface area contributed by atoms with Gasteiger partial charge in [-0.3, -0.25) is 5.32 Å². The summed E-state index contributed by atoms with van der Waals surface area (Å²) in [6, 6.07) is -1.58. The van der Waals surface area contributed by atoms with Crippen molar-refractivity contribution in [3.05, 3.63) is 5.51 Å². The summed E-state index contributed by atoms with van der Waals surface area (Å²) in [5.41, 5.74) is 0.887. The summed E-state index contributed by atoms with van der Waals surface area (Å²) in [5, 5.41) is 21.3. The molecule has 0 aliphatic rings. The normalized spacial score (nSPS) is 12.9. The Bertz CT molecular complexity index is 399. The van der Waals surface area contributed by atoms with Gasteiger partial charge in [0.15, 0.2) is 0 Å². The first-order chi connectivity index (χ1) is 7.80. The number of carboxylic acids is 1. The van der Waals surface area contributed by atoms with Crippen LogP contribution < -0.4 is 10.6 Å². The molecule has 3 N–H and O–H groups in total. The molecule has 0 aromatic carbocycles. The summed E-state index contributed by atoms with van der Waals surface area (Å²) in [6.45, 7) is 5.20. The molecular weight excluding hydrogens is 244 g/mol. The van der Waals surface area contributed by atoms with E-state index in [-0.39, 0.29) is 0 Å². The number of carboxylic acid groups (broad SMARTS) is 1. The number of urea groups is 1. The van der Waals surface area contributed by atoms with Crippen LogP contribution in [-0.4, -0.2) is 33.3 Å². The molecule has 0 fully saturated rings. The second kappa shape index (κ2) is 5.09. The number of nitrogens with zero attached hydrogens (tertiary/aromatic N) is 2. The van der Waals surface area contributed by atoms with Gasteiger partial charge in [-0.05, 0) is 5.41 Å². The zero-order valence-electron chi connectivity index (χ0n) is 9.72. The second-order valence-electron chi connectivity index (χ2n) is 4.48. The standard InChI is InChI=1S/C9H14N4O3S/c1-9(2,3)5(6(14)15)11-7(16)12-8-13-10-4-17-8/h4-5H,1-3H3,(H,14,15)(H2,11,12,13,16)/t5-/m0/s1.